The molecule has 1 unspecified atom stereocenters. The van der Waals surface area contributed by atoms with Crippen molar-refractivity contribution in [1.29, 1.82) is 0 Å². The summed E-state index contributed by atoms with van der Waals surface area (Å²) in [6.45, 7) is 2.95. The number of nitro groups is 1. The van der Waals surface area contributed by atoms with Gasteiger partial charge in [0.05, 0.1) is 4.92 Å². The molecule has 0 N–H and O–H groups in total. The number of aliphatic imine (C=N–C) groups is 1. The maximum atomic E-state index is 14.0. The van der Waals surface area contributed by atoms with Gasteiger partial charge in [0.25, 0.3) is 17.3 Å². The van der Waals surface area contributed by atoms with Gasteiger partial charge in [0.2, 0.25) is 0 Å². The van der Waals surface area contributed by atoms with E-state index in [1.807, 2.05) is 60.7 Å². The number of hydrogen-bond donors (Lipinski definition) is 0. The lowest BCUT2D eigenvalue weighted by atomic mass is 9.98. The van der Waals surface area contributed by atoms with E-state index in [-0.39, 0.29) is 30.4 Å². The van der Waals surface area contributed by atoms with E-state index < -0.39 is 40.0 Å². The summed E-state index contributed by atoms with van der Waals surface area (Å²) in [5.41, 5.74) is 0.693. The zero-order chi connectivity index (χ0) is 31.3. The minimum absolute atomic E-state index is 0.0160. The minimum Gasteiger partial charge on any atom is -0.461 e. The van der Waals surface area contributed by atoms with Crippen LogP contribution in [0.5, 0.6) is 0 Å². The van der Waals surface area contributed by atoms with Crippen LogP contribution in [0, 0.1) is 10.1 Å². The molecule has 5 rings (SSSR count). The number of thioether (sulfide) groups is 1. The Morgan fingerprint density at radius 1 is 1.07 bits per heavy atom. The van der Waals surface area contributed by atoms with E-state index >= 15 is 0 Å². The van der Waals surface area contributed by atoms with Gasteiger partial charge in [-0.15, -0.1) is 11.8 Å². The second-order valence-corrected chi connectivity index (χ2v) is 11.0. The first-order valence-electron chi connectivity index (χ1n) is 13.8. The van der Waals surface area contributed by atoms with Crippen molar-refractivity contribution in [3.05, 3.63) is 123 Å². The van der Waals surface area contributed by atoms with Crippen molar-refractivity contribution in [3.8, 4) is 0 Å². The summed E-state index contributed by atoms with van der Waals surface area (Å²) in [6, 6.07) is 24.2. The number of carbonyl (C=O) groups excluding carboxylic acids is 3. The Morgan fingerprint density at radius 2 is 1.68 bits per heavy atom. The highest BCUT2D eigenvalue weighted by atomic mass is 32.2. The maximum Gasteiger partial charge on any atom is 0.356 e. The number of rotatable bonds is 11. The number of amides is 1. The Bertz CT molecular complexity index is 1570. The summed E-state index contributed by atoms with van der Waals surface area (Å²) < 4.78 is 17.3. The number of fused-ring (bicyclic) bond motifs is 1. The predicted molar refractivity (Wildman–Crippen MR) is 163 cm³/mol. The molecule has 2 aliphatic rings. The molecule has 0 saturated carbocycles. The third kappa shape index (κ3) is 6.12. The van der Waals surface area contributed by atoms with Crippen molar-refractivity contribution in [1.82, 2.24) is 4.90 Å². The molecule has 3 aromatic carbocycles. The lowest BCUT2D eigenvalue weighted by Gasteiger charge is -2.54. The molecular weight excluding hydrogens is 586 g/mol. The molecule has 226 valence electrons. The number of nitrogens with zero attached hydrogens (tertiary/aromatic N) is 3. The fraction of sp³-hybridized carbons (Fsp3) is 0.250. The average Bonchev–Trinajstić information content (AvgIpc) is 3.04. The molecule has 2 atom stereocenters. The largest absolute Gasteiger partial charge is 0.461 e. The van der Waals surface area contributed by atoms with E-state index in [0.717, 1.165) is 11.1 Å². The molecule has 11 nitrogen and oxygen atoms in total. The van der Waals surface area contributed by atoms with Gasteiger partial charge in [-0.25, -0.2) is 9.79 Å². The average molecular weight is 616 g/mol. The number of nitro benzene ring substituents is 1. The summed E-state index contributed by atoms with van der Waals surface area (Å²) >= 11 is 1.32. The number of esters is 2. The summed E-state index contributed by atoms with van der Waals surface area (Å²) in [6.07, 6.45) is 0.653. The lowest BCUT2D eigenvalue weighted by molar-refractivity contribution is -0.384. The fourth-order valence-corrected chi connectivity index (χ4v) is 6.35. The first-order valence-corrected chi connectivity index (χ1v) is 14.8. The molecule has 1 fully saturated rings. The molecule has 0 bridgehead atoms. The van der Waals surface area contributed by atoms with Crippen molar-refractivity contribution in [2.75, 3.05) is 19.0 Å². The highest BCUT2D eigenvalue weighted by Crippen LogP contribution is 2.49. The van der Waals surface area contributed by atoms with E-state index in [9.17, 15) is 24.5 Å². The van der Waals surface area contributed by atoms with Gasteiger partial charge in [-0.3, -0.25) is 24.6 Å². The number of benzene rings is 3. The topological polar surface area (TPSA) is 138 Å². The van der Waals surface area contributed by atoms with E-state index in [1.54, 1.807) is 6.92 Å². The second kappa shape index (κ2) is 13.2. The Hall–Kier alpha value is -4.81. The summed E-state index contributed by atoms with van der Waals surface area (Å²) in [4.78, 5) is 56.0. The summed E-state index contributed by atoms with van der Waals surface area (Å²) in [5, 5.41) is 10.3. The molecule has 0 aromatic heterocycles. The van der Waals surface area contributed by atoms with Gasteiger partial charge in [0, 0.05) is 43.2 Å². The minimum atomic E-state index is -1.64. The van der Waals surface area contributed by atoms with Crippen LogP contribution in [0.2, 0.25) is 0 Å². The third-order valence-electron chi connectivity index (χ3n) is 7.03. The molecule has 12 heteroatoms. The molecule has 1 saturated heterocycles. The summed E-state index contributed by atoms with van der Waals surface area (Å²) in [7, 11) is 0. The maximum absolute atomic E-state index is 14.0. The van der Waals surface area contributed by atoms with Gasteiger partial charge in [-0.05, 0) is 35.7 Å². The highest BCUT2D eigenvalue weighted by Gasteiger charge is 2.66. The zero-order valence-corrected chi connectivity index (χ0v) is 24.8. The zero-order valence-electron chi connectivity index (χ0n) is 24.0. The first kappa shape index (κ1) is 30.6. The quantitative estimate of drug-likeness (QED) is 0.0978. The van der Waals surface area contributed by atoms with Crippen molar-refractivity contribution in [2.24, 2.45) is 4.99 Å². The van der Waals surface area contributed by atoms with Crippen LogP contribution >= 0.6 is 11.8 Å². The van der Waals surface area contributed by atoms with Crippen molar-refractivity contribution in [2.45, 2.75) is 31.1 Å². The number of ether oxygens (including phenoxy) is 3. The molecular formula is C32H29N3O8S. The van der Waals surface area contributed by atoms with Crippen LogP contribution in [0.3, 0.4) is 0 Å². The first-order chi connectivity index (χ1) is 21.2. The van der Waals surface area contributed by atoms with E-state index in [1.165, 1.54) is 54.1 Å². The third-order valence-corrected chi connectivity index (χ3v) is 8.39. The van der Waals surface area contributed by atoms with Crippen molar-refractivity contribution in [3.63, 3.8) is 0 Å². The SMILES string of the molecule is CCOC1(N=Cc2ccc([N+](=O)[O-])cc2)C(=O)N2C(C(=O)OC(c3ccccc3)c3ccccc3)=C(COC(C)=O)CS[C@@H]21. The Balaban J connectivity index is 1.49. The Labute approximate surface area is 257 Å². The van der Waals surface area contributed by atoms with Gasteiger partial charge >= 0.3 is 11.9 Å². The van der Waals surface area contributed by atoms with Crippen LogP contribution in [0.1, 0.15) is 36.6 Å². The summed E-state index contributed by atoms with van der Waals surface area (Å²) in [5.74, 6) is -1.63. The van der Waals surface area contributed by atoms with Crippen LogP contribution in [-0.2, 0) is 28.6 Å². The number of β-lactam (4-membered cyclic amide) rings is 1. The van der Waals surface area contributed by atoms with E-state index in [4.69, 9.17) is 14.2 Å². The lowest BCUT2D eigenvalue weighted by Crippen LogP contribution is -2.74. The number of hydrogen-bond acceptors (Lipinski definition) is 10. The molecule has 2 aliphatic heterocycles. The van der Waals surface area contributed by atoms with Crippen LogP contribution in [-0.4, -0.2) is 63.9 Å². The van der Waals surface area contributed by atoms with Gasteiger partial charge in [-0.1, -0.05) is 60.7 Å². The normalized spacial score (nSPS) is 19.5. The molecule has 0 radical (unpaired) electrons. The van der Waals surface area contributed by atoms with Gasteiger partial charge < -0.3 is 14.2 Å². The van der Waals surface area contributed by atoms with Crippen LogP contribution in [0.4, 0.5) is 5.69 Å². The van der Waals surface area contributed by atoms with Crippen LogP contribution in [0.25, 0.3) is 0 Å². The molecule has 2 heterocycles. The van der Waals surface area contributed by atoms with Crippen molar-refractivity contribution >= 4 is 41.5 Å². The second-order valence-electron chi connectivity index (χ2n) is 9.91. The van der Waals surface area contributed by atoms with Crippen LogP contribution in [0.15, 0.2) is 101 Å². The van der Waals surface area contributed by atoms with E-state index in [2.05, 4.69) is 4.99 Å². The Morgan fingerprint density at radius 3 is 2.23 bits per heavy atom. The number of non-ortho nitro benzene ring substituents is 1. The smallest absolute Gasteiger partial charge is 0.356 e. The number of carbonyl (C=O) groups is 3. The standard InChI is InChI=1S/C32H29N3O8S/c1-3-42-32(33-18-22-14-16-26(17-15-22)35(39)40)30(38)34-27(25(19-41-21(2)36)20-44-31(32)34)29(37)43-28(23-10-6-4-7-11-23)24-12-8-5-9-13-24/h4-18,28,31H,3,19-20H2,1-2H3/t31-,32?/m1/s1. The molecule has 44 heavy (non-hydrogen) atoms. The van der Waals surface area contributed by atoms with Crippen LogP contribution < -0.4 is 0 Å². The monoisotopic (exact) mass is 615 g/mol. The molecule has 3 aromatic rings. The fourth-order valence-electron chi connectivity index (χ4n) is 4.97. The molecule has 0 aliphatic carbocycles. The molecule has 1 amide bonds. The predicted octanol–water partition coefficient (Wildman–Crippen LogP) is 4.81. The van der Waals surface area contributed by atoms with Gasteiger partial charge in [-0.2, -0.15) is 0 Å². The van der Waals surface area contributed by atoms with Crippen molar-refractivity contribution < 1.29 is 33.5 Å². The Kier molecular flexibility index (Phi) is 9.21. The van der Waals surface area contributed by atoms with Gasteiger partial charge in [0.15, 0.2) is 6.10 Å². The highest BCUT2D eigenvalue weighted by molar-refractivity contribution is 8.00. The van der Waals surface area contributed by atoms with E-state index in [0.29, 0.717) is 11.1 Å². The molecule has 0 spiro atoms. The van der Waals surface area contributed by atoms with Gasteiger partial charge in [0.1, 0.15) is 17.7 Å².